The standard InChI is InChI=1S/C39H50N4O6S/c1-3-43(34-12-8-5-9-13-34)50(48,49)35-26-33(19-14-27(35)2)39(42-38(40)47,31-20-15-29(16-21-31)28-10-6-4-7-11-28)32-22-17-30(18-23-32)37(46)41-25-24-36(44)45/h5,8-9,12-14,17-19,22-23,26,28-29,31H,3-4,6-7,10-11,15-16,20-21,24-25H2,1-2H3,(H,41,46)(H,44,45)(H3,40,42,47). The first-order chi connectivity index (χ1) is 24.0. The normalized spacial score (nSPS) is 19.6. The maximum Gasteiger partial charge on any atom is 0.313 e. The average molecular weight is 703 g/mol. The van der Waals surface area contributed by atoms with Crippen LogP contribution in [0.4, 0.5) is 10.5 Å². The van der Waals surface area contributed by atoms with Crippen molar-refractivity contribution in [2.24, 2.45) is 23.5 Å². The van der Waals surface area contributed by atoms with Crippen molar-refractivity contribution in [1.29, 1.82) is 0 Å². The molecule has 2 fully saturated rings. The number of nitrogens with one attached hydrogen (secondary N) is 2. The minimum Gasteiger partial charge on any atom is -0.481 e. The molecule has 0 aliphatic heterocycles. The fraction of sp³-hybridized carbons (Fsp3) is 0.462. The van der Waals surface area contributed by atoms with E-state index in [-0.39, 0.29) is 30.3 Å². The van der Waals surface area contributed by atoms with Crippen molar-refractivity contribution >= 4 is 33.6 Å². The van der Waals surface area contributed by atoms with Gasteiger partial charge in [0.1, 0.15) is 0 Å². The number of hydrogen-bond acceptors (Lipinski definition) is 5. The van der Waals surface area contributed by atoms with Crippen molar-refractivity contribution in [2.45, 2.75) is 88.5 Å². The number of amides is 3. The summed E-state index contributed by atoms with van der Waals surface area (Å²) in [5.41, 5.74) is 7.53. The quantitative estimate of drug-likeness (QED) is 0.155. The summed E-state index contributed by atoms with van der Waals surface area (Å²) in [7, 11) is -4.02. The number of aliphatic carboxylic acids is 1. The summed E-state index contributed by atoms with van der Waals surface area (Å²) in [5, 5.41) is 14.7. The number of carboxylic acid groups (broad SMARTS) is 1. The molecule has 3 aromatic carbocycles. The number of benzene rings is 3. The van der Waals surface area contributed by atoms with Gasteiger partial charge in [0.25, 0.3) is 15.9 Å². The van der Waals surface area contributed by atoms with Gasteiger partial charge in [-0.1, -0.05) is 74.6 Å². The highest BCUT2D eigenvalue weighted by molar-refractivity contribution is 7.92. The van der Waals surface area contributed by atoms with Gasteiger partial charge in [0.05, 0.1) is 22.5 Å². The predicted molar refractivity (Wildman–Crippen MR) is 194 cm³/mol. The molecule has 2 aliphatic rings. The maximum absolute atomic E-state index is 14.4. The van der Waals surface area contributed by atoms with Gasteiger partial charge >= 0.3 is 12.0 Å². The zero-order valence-electron chi connectivity index (χ0n) is 29.1. The van der Waals surface area contributed by atoms with E-state index in [1.165, 1.54) is 36.4 Å². The van der Waals surface area contributed by atoms with Crippen LogP contribution in [0, 0.1) is 24.7 Å². The van der Waals surface area contributed by atoms with E-state index in [0.29, 0.717) is 39.8 Å². The number of nitrogens with zero attached hydrogens (tertiary/aromatic N) is 1. The Labute approximate surface area is 295 Å². The molecular formula is C39H50N4O6S. The van der Waals surface area contributed by atoms with E-state index < -0.39 is 33.5 Å². The van der Waals surface area contributed by atoms with Crippen LogP contribution >= 0.6 is 0 Å². The van der Waals surface area contributed by atoms with Gasteiger partial charge in [-0.3, -0.25) is 13.9 Å². The molecule has 0 bridgehead atoms. The summed E-state index contributed by atoms with van der Waals surface area (Å²) in [4.78, 5) is 37.0. The van der Waals surface area contributed by atoms with Crippen molar-refractivity contribution in [1.82, 2.24) is 10.6 Å². The number of rotatable bonds is 13. The number of para-hydroxylation sites is 1. The van der Waals surface area contributed by atoms with Crippen molar-refractivity contribution < 1.29 is 27.9 Å². The van der Waals surface area contributed by atoms with Crippen LogP contribution < -0.4 is 20.7 Å². The molecule has 0 spiro atoms. The number of hydrogen-bond donors (Lipinski definition) is 4. The molecule has 1 unspecified atom stereocenters. The minimum atomic E-state index is -4.02. The summed E-state index contributed by atoms with van der Waals surface area (Å²) in [6.45, 7) is 3.78. The van der Waals surface area contributed by atoms with Crippen LogP contribution in [0.2, 0.25) is 0 Å². The first kappa shape index (κ1) is 36.9. The third-order valence-electron chi connectivity index (χ3n) is 10.8. The molecule has 50 heavy (non-hydrogen) atoms. The number of anilines is 1. The molecule has 0 heterocycles. The van der Waals surface area contributed by atoms with E-state index in [9.17, 15) is 22.8 Å². The summed E-state index contributed by atoms with van der Waals surface area (Å²) in [5.74, 6) is -0.223. The van der Waals surface area contributed by atoms with Gasteiger partial charge in [-0.05, 0) is 104 Å². The third-order valence-corrected chi connectivity index (χ3v) is 12.8. The maximum atomic E-state index is 14.4. The monoisotopic (exact) mass is 702 g/mol. The van der Waals surface area contributed by atoms with Crippen LogP contribution in [0.15, 0.2) is 77.7 Å². The Hall–Kier alpha value is -4.38. The second-order valence-corrected chi connectivity index (χ2v) is 15.6. The number of urea groups is 1. The van der Waals surface area contributed by atoms with Gasteiger partial charge in [-0.25, -0.2) is 13.2 Å². The van der Waals surface area contributed by atoms with Crippen LogP contribution in [0.3, 0.4) is 0 Å². The Morgan fingerprint density at radius 1 is 0.860 bits per heavy atom. The number of carbonyl (C=O) groups excluding carboxylic acids is 2. The molecule has 10 nitrogen and oxygen atoms in total. The molecule has 0 radical (unpaired) electrons. The Kier molecular flexibility index (Phi) is 11.9. The molecule has 1 atom stereocenters. The van der Waals surface area contributed by atoms with Gasteiger partial charge in [0.15, 0.2) is 0 Å². The molecule has 3 aromatic rings. The molecule has 2 saturated carbocycles. The predicted octanol–water partition coefficient (Wildman–Crippen LogP) is 6.71. The molecular weight excluding hydrogens is 653 g/mol. The van der Waals surface area contributed by atoms with Crippen molar-refractivity contribution in [2.75, 3.05) is 17.4 Å². The largest absolute Gasteiger partial charge is 0.481 e. The van der Waals surface area contributed by atoms with Crippen molar-refractivity contribution in [3.05, 3.63) is 95.1 Å². The lowest BCUT2D eigenvalue weighted by atomic mass is 9.63. The smallest absolute Gasteiger partial charge is 0.313 e. The second-order valence-electron chi connectivity index (χ2n) is 13.8. The summed E-state index contributed by atoms with van der Waals surface area (Å²) >= 11 is 0. The number of carboxylic acids is 1. The Balaban J connectivity index is 1.60. The highest BCUT2D eigenvalue weighted by Gasteiger charge is 2.46. The number of aryl methyl sites for hydroxylation is 1. The highest BCUT2D eigenvalue weighted by Crippen LogP contribution is 2.49. The fourth-order valence-electron chi connectivity index (χ4n) is 8.31. The first-order valence-electron chi connectivity index (χ1n) is 17.8. The molecule has 268 valence electrons. The zero-order valence-corrected chi connectivity index (χ0v) is 29.9. The molecule has 5 rings (SSSR count). The molecule has 0 saturated heterocycles. The zero-order chi connectivity index (χ0) is 35.9. The second kappa shape index (κ2) is 16.1. The average Bonchev–Trinajstić information content (AvgIpc) is 3.11. The summed E-state index contributed by atoms with van der Waals surface area (Å²) < 4.78 is 30.2. The highest BCUT2D eigenvalue weighted by atomic mass is 32.2. The number of primary amides is 1. The number of carbonyl (C=O) groups is 3. The molecule has 11 heteroatoms. The van der Waals surface area contributed by atoms with Gasteiger partial charge in [0.2, 0.25) is 0 Å². The van der Waals surface area contributed by atoms with Gasteiger partial charge < -0.3 is 21.5 Å². The third kappa shape index (κ3) is 7.98. The van der Waals surface area contributed by atoms with Crippen LogP contribution in [0.25, 0.3) is 0 Å². The van der Waals surface area contributed by atoms with Gasteiger partial charge in [0, 0.05) is 18.7 Å². The van der Waals surface area contributed by atoms with Crippen LogP contribution in [0.5, 0.6) is 0 Å². The lowest BCUT2D eigenvalue weighted by molar-refractivity contribution is -0.136. The van der Waals surface area contributed by atoms with E-state index in [1.807, 2.05) is 12.1 Å². The Morgan fingerprint density at radius 3 is 2.08 bits per heavy atom. The lowest BCUT2D eigenvalue weighted by Crippen LogP contribution is -2.54. The molecule has 0 aromatic heterocycles. The van der Waals surface area contributed by atoms with Crippen molar-refractivity contribution in [3.63, 3.8) is 0 Å². The fourth-order valence-corrected chi connectivity index (χ4v) is 10.0. The van der Waals surface area contributed by atoms with Crippen LogP contribution in [-0.4, -0.2) is 44.5 Å². The lowest BCUT2D eigenvalue weighted by Gasteiger charge is -2.46. The molecule has 3 amide bonds. The Morgan fingerprint density at radius 2 is 1.48 bits per heavy atom. The molecule has 5 N–H and O–H groups in total. The summed E-state index contributed by atoms with van der Waals surface area (Å²) in [6.07, 6.45) is 9.75. The van der Waals surface area contributed by atoms with E-state index in [1.54, 1.807) is 74.5 Å². The van der Waals surface area contributed by atoms with Gasteiger partial charge in [-0.15, -0.1) is 0 Å². The topological polar surface area (TPSA) is 159 Å². The first-order valence-corrected chi connectivity index (χ1v) is 19.3. The van der Waals surface area contributed by atoms with Crippen LogP contribution in [-0.2, 0) is 20.4 Å². The van der Waals surface area contributed by atoms with Crippen molar-refractivity contribution in [3.8, 4) is 0 Å². The van der Waals surface area contributed by atoms with Gasteiger partial charge in [-0.2, -0.15) is 0 Å². The van der Waals surface area contributed by atoms with E-state index >= 15 is 0 Å². The minimum absolute atomic E-state index is 0.00824. The van der Waals surface area contributed by atoms with E-state index in [2.05, 4.69) is 10.6 Å². The summed E-state index contributed by atoms with van der Waals surface area (Å²) in [6, 6.07) is 20.5. The number of sulfonamides is 1. The van der Waals surface area contributed by atoms with E-state index in [0.717, 1.165) is 25.7 Å². The SMILES string of the molecule is CCN(c1ccccc1)S(=O)(=O)c1cc(C(NC(N)=O)(c2ccc(C(=O)NCCC(=O)O)cc2)C2CCC(C3CCCCC3)CC2)ccc1C. The number of nitrogens with two attached hydrogens (primary N) is 1. The molecule has 2 aliphatic carbocycles. The Bertz CT molecular complexity index is 1750. The van der Waals surface area contributed by atoms with E-state index in [4.69, 9.17) is 10.8 Å². The van der Waals surface area contributed by atoms with Crippen LogP contribution in [0.1, 0.15) is 98.2 Å².